The zero-order valence-corrected chi connectivity index (χ0v) is 38.2. The zero-order chi connectivity index (χ0) is 44.9. The van der Waals surface area contributed by atoms with Gasteiger partial charge in [0.2, 0.25) is 0 Å². The minimum Gasteiger partial charge on any atom is -0.497 e. The van der Waals surface area contributed by atoms with Crippen LogP contribution in [-0.4, -0.2) is 97.4 Å². The van der Waals surface area contributed by atoms with Crippen molar-refractivity contribution in [2.45, 2.75) is 61.2 Å². The summed E-state index contributed by atoms with van der Waals surface area (Å²) in [7, 11) is 4.97. The number of rotatable bonds is 27. The molecule has 1 saturated heterocycles. The molecular weight excluding hydrogens is 845 g/mol. The SMILES string of the molecule is COc1ccc(CO[C@H]2[C@@H](OCc3ccc(OC)cc3)[C@@H](COCCOCCOCCOCc3ccc4ccccc4c3)O[C@@H](Sc3ccccc3)[C@@H]2OCc2ccc(OC)cc2)cc1. The van der Waals surface area contributed by atoms with E-state index < -0.39 is 29.9 Å². The maximum atomic E-state index is 7.00. The molecule has 6 aromatic carbocycles. The smallest absolute Gasteiger partial charge is 0.137 e. The Hall–Kier alpha value is -4.99. The molecule has 11 nitrogen and oxygen atoms in total. The summed E-state index contributed by atoms with van der Waals surface area (Å²) >= 11 is 1.59. The second kappa shape index (κ2) is 26.2. The van der Waals surface area contributed by atoms with Gasteiger partial charge in [0.05, 0.1) is 94.0 Å². The lowest BCUT2D eigenvalue weighted by molar-refractivity contribution is -0.254. The predicted octanol–water partition coefficient (Wildman–Crippen LogP) is 9.71. The Balaban J connectivity index is 0.991. The number of benzene rings is 6. The quantitative estimate of drug-likeness (QED) is 0.0460. The van der Waals surface area contributed by atoms with Crippen molar-refractivity contribution < 1.29 is 52.1 Å². The van der Waals surface area contributed by atoms with Gasteiger partial charge in [-0.1, -0.05) is 103 Å². The molecule has 0 radical (unpaired) electrons. The molecule has 65 heavy (non-hydrogen) atoms. The highest BCUT2D eigenvalue weighted by Crippen LogP contribution is 2.38. The summed E-state index contributed by atoms with van der Waals surface area (Å²) in [6.45, 7) is 4.32. The lowest BCUT2D eigenvalue weighted by Gasteiger charge is -2.46. The first kappa shape index (κ1) is 48.0. The third-order valence-corrected chi connectivity index (χ3v) is 12.0. The summed E-state index contributed by atoms with van der Waals surface area (Å²) < 4.78 is 67.7. The topological polar surface area (TPSA) is 102 Å². The fraction of sp³-hybridized carbons (Fsp3) is 0.358. The molecule has 1 aliphatic heterocycles. The van der Waals surface area contributed by atoms with Gasteiger partial charge >= 0.3 is 0 Å². The standard InChI is InChI=1S/C53H60O11S/c1-54-45-21-14-39(15-22-45)35-61-50-49(38-60-32-30-58-28-27-57-29-31-59-34-42-13-20-43-9-7-8-10-44(43)33-42)64-53(65-48-11-5-4-6-12-48)52(63-37-41-18-25-47(56-3)26-19-41)51(50)62-36-40-16-23-46(55-2)24-17-40/h4-26,33,49-53H,27-32,34-38H2,1-3H3/t49-,50+,51+,52-,53+/m1/s1. The van der Waals surface area contributed by atoms with E-state index in [1.807, 2.05) is 103 Å². The molecule has 344 valence electrons. The fourth-order valence-electron chi connectivity index (χ4n) is 7.33. The Bertz CT molecular complexity index is 2240. The Morgan fingerprint density at radius 1 is 0.415 bits per heavy atom. The largest absolute Gasteiger partial charge is 0.497 e. The number of hydrogen-bond donors (Lipinski definition) is 0. The van der Waals surface area contributed by atoms with Crippen LogP contribution < -0.4 is 14.2 Å². The lowest BCUT2D eigenvalue weighted by Crippen LogP contribution is -2.60. The number of thioether (sulfide) groups is 1. The number of fused-ring (bicyclic) bond motifs is 1. The summed E-state index contributed by atoms with van der Waals surface area (Å²) in [5, 5.41) is 2.43. The number of methoxy groups -OCH3 is 3. The normalized spacial score (nSPS) is 18.4. The van der Waals surface area contributed by atoms with Crippen molar-refractivity contribution in [1.82, 2.24) is 0 Å². The van der Waals surface area contributed by atoms with Gasteiger partial charge in [0, 0.05) is 4.90 Å². The van der Waals surface area contributed by atoms with Crippen molar-refractivity contribution >= 4 is 22.5 Å². The minimum atomic E-state index is -0.582. The fourth-order valence-corrected chi connectivity index (χ4v) is 8.47. The van der Waals surface area contributed by atoms with Crippen LogP contribution in [0.4, 0.5) is 0 Å². The average Bonchev–Trinajstić information content (AvgIpc) is 3.36. The molecule has 0 amide bonds. The van der Waals surface area contributed by atoms with Gasteiger partial charge in [-0.25, -0.2) is 0 Å². The number of ether oxygens (including phenoxy) is 11. The molecule has 7 rings (SSSR count). The van der Waals surface area contributed by atoms with E-state index in [2.05, 4.69) is 42.5 Å². The van der Waals surface area contributed by atoms with E-state index >= 15 is 0 Å². The van der Waals surface area contributed by atoms with Gasteiger partial charge in [-0.15, -0.1) is 0 Å². The summed E-state index contributed by atoms with van der Waals surface area (Å²) in [5.41, 5.74) is 3.61. The Morgan fingerprint density at radius 2 is 0.877 bits per heavy atom. The third kappa shape index (κ3) is 15.0. The highest BCUT2D eigenvalue weighted by atomic mass is 32.2. The second-order valence-corrected chi connectivity index (χ2v) is 16.6. The molecule has 1 heterocycles. The molecule has 1 aliphatic rings. The van der Waals surface area contributed by atoms with Gasteiger partial charge in [0.1, 0.15) is 47.1 Å². The Labute approximate surface area is 387 Å². The van der Waals surface area contributed by atoms with Gasteiger partial charge < -0.3 is 52.1 Å². The van der Waals surface area contributed by atoms with Crippen LogP contribution in [0.15, 0.2) is 150 Å². The molecule has 1 fully saturated rings. The molecule has 0 bridgehead atoms. The van der Waals surface area contributed by atoms with E-state index in [1.165, 1.54) is 10.8 Å². The van der Waals surface area contributed by atoms with Gasteiger partial charge in [-0.2, -0.15) is 0 Å². The summed E-state index contributed by atoms with van der Waals surface area (Å²) in [6.07, 6.45) is -2.22. The van der Waals surface area contributed by atoms with Crippen molar-refractivity contribution in [2.75, 3.05) is 67.6 Å². The highest BCUT2D eigenvalue weighted by Gasteiger charge is 2.49. The molecule has 0 unspecified atom stereocenters. The Morgan fingerprint density at radius 3 is 1.43 bits per heavy atom. The van der Waals surface area contributed by atoms with Crippen LogP contribution in [0, 0.1) is 0 Å². The molecule has 5 atom stereocenters. The highest BCUT2D eigenvalue weighted by molar-refractivity contribution is 7.99. The molecule has 0 aromatic heterocycles. The van der Waals surface area contributed by atoms with Crippen molar-refractivity contribution in [2.24, 2.45) is 0 Å². The van der Waals surface area contributed by atoms with Crippen LogP contribution in [0.25, 0.3) is 10.8 Å². The predicted molar refractivity (Wildman–Crippen MR) is 252 cm³/mol. The van der Waals surface area contributed by atoms with E-state index in [4.69, 9.17) is 52.1 Å². The van der Waals surface area contributed by atoms with Gasteiger partial charge in [0.15, 0.2) is 0 Å². The summed E-state index contributed by atoms with van der Waals surface area (Å²) in [4.78, 5) is 1.04. The van der Waals surface area contributed by atoms with Crippen LogP contribution in [0.2, 0.25) is 0 Å². The van der Waals surface area contributed by atoms with Crippen molar-refractivity contribution in [3.8, 4) is 17.2 Å². The van der Waals surface area contributed by atoms with Crippen molar-refractivity contribution in [3.05, 3.63) is 168 Å². The third-order valence-electron chi connectivity index (χ3n) is 10.9. The Kier molecular flexibility index (Phi) is 19.4. The summed E-state index contributed by atoms with van der Waals surface area (Å²) in [5.74, 6) is 2.31. The first-order valence-corrected chi connectivity index (χ1v) is 22.9. The lowest BCUT2D eigenvalue weighted by atomic mass is 9.98. The molecule has 0 saturated carbocycles. The van der Waals surface area contributed by atoms with Gasteiger partial charge in [0.25, 0.3) is 0 Å². The number of hydrogen-bond acceptors (Lipinski definition) is 12. The molecular formula is C53H60O11S. The van der Waals surface area contributed by atoms with E-state index in [-0.39, 0.29) is 6.61 Å². The van der Waals surface area contributed by atoms with Crippen molar-refractivity contribution in [1.29, 1.82) is 0 Å². The average molecular weight is 905 g/mol. The zero-order valence-electron chi connectivity index (χ0n) is 37.4. The molecule has 6 aromatic rings. The molecule has 0 N–H and O–H groups in total. The van der Waals surface area contributed by atoms with E-state index in [0.717, 1.165) is 44.4 Å². The van der Waals surface area contributed by atoms with Gasteiger partial charge in [-0.05, 0) is 87.6 Å². The first-order chi connectivity index (χ1) is 32.1. The first-order valence-electron chi connectivity index (χ1n) is 22.0. The van der Waals surface area contributed by atoms with Crippen molar-refractivity contribution in [3.63, 3.8) is 0 Å². The molecule has 0 spiro atoms. The second-order valence-electron chi connectivity index (χ2n) is 15.4. The maximum absolute atomic E-state index is 7.00. The van der Waals surface area contributed by atoms with E-state index in [1.54, 1.807) is 33.1 Å². The minimum absolute atomic E-state index is 0.237. The molecule has 0 aliphatic carbocycles. The monoisotopic (exact) mass is 904 g/mol. The summed E-state index contributed by atoms with van der Waals surface area (Å²) in [6, 6.07) is 48.4. The van der Waals surface area contributed by atoms with E-state index in [0.29, 0.717) is 66.1 Å². The van der Waals surface area contributed by atoms with Crippen LogP contribution in [0.5, 0.6) is 17.2 Å². The van der Waals surface area contributed by atoms with Crippen LogP contribution in [-0.2, 0) is 64.3 Å². The van der Waals surface area contributed by atoms with Gasteiger partial charge in [-0.3, -0.25) is 0 Å². The maximum Gasteiger partial charge on any atom is 0.137 e. The van der Waals surface area contributed by atoms with E-state index in [9.17, 15) is 0 Å². The molecule has 12 heteroatoms. The van der Waals surface area contributed by atoms with Crippen LogP contribution >= 0.6 is 11.8 Å². The van der Waals surface area contributed by atoms with Crippen LogP contribution in [0.3, 0.4) is 0 Å². The van der Waals surface area contributed by atoms with Crippen LogP contribution in [0.1, 0.15) is 22.3 Å².